The fourth-order valence-electron chi connectivity index (χ4n) is 3.14. The molecule has 0 radical (unpaired) electrons. The first kappa shape index (κ1) is 20.3. The molecule has 31 heavy (non-hydrogen) atoms. The predicted molar refractivity (Wildman–Crippen MR) is 120 cm³/mol. The minimum absolute atomic E-state index is 0.261. The number of pyridine rings is 1. The Morgan fingerprint density at radius 2 is 2.10 bits per heavy atom. The van der Waals surface area contributed by atoms with Crippen LogP contribution in [-0.4, -0.2) is 30.2 Å². The molecule has 1 aromatic carbocycles. The van der Waals surface area contributed by atoms with E-state index < -0.39 is 0 Å². The number of rotatable bonds is 5. The lowest BCUT2D eigenvalue weighted by atomic mass is 10.2. The second kappa shape index (κ2) is 8.04. The number of aromatic nitrogens is 5. The Labute approximate surface area is 182 Å². The molecule has 3 aromatic heterocycles. The van der Waals surface area contributed by atoms with Gasteiger partial charge in [0, 0.05) is 36.6 Å². The third-order valence-corrected chi connectivity index (χ3v) is 4.83. The third kappa shape index (κ3) is 4.03. The molecule has 4 aromatic rings. The number of hydrogen-bond acceptors (Lipinski definition) is 6. The van der Waals surface area contributed by atoms with Crippen LogP contribution in [0.4, 0.5) is 17.3 Å². The van der Waals surface area contributed by atoms with Crippen LogP contribution in [-0.2, 0) is 11.8 Å². The molecule has 1 amide bonds. The molecule has 0 bridgehead atoms. The number of nitrogens with one attached hydrogen (secondary N) is 2. The van der Waals surface area contributed by atoms with Crippen LogP contribution in [0.1, 0.15) is 5.56 Å². The molecule has 0 aliphatic heterocycles. The number of aryl methyl sites for hydroxylation is 2. The minimum Gasteiger partial charge on any atom is -0.322 e. The number of benzene rings is 1. The largest absolute Gasteiger partial charge is 0.322 e. The fraction of sp³-hybridized carbons (Fsp3) is 0.0952. The van der Waals surface area contributed by atoms with Gasteiger partial charge < -0.3 is 10.6 Å². The molecule has 0 saturated carbocycles. The smallest absolute Gasteiger partial charge is 0.257 e. The molecule has 4 rings (SSSR count). The van der Waals surface area contributed by atoms with Crippen LogP contribution in [0.3, 0.4) is 0 Å². The van der Waals surface area contributed by atoms with Gasteiger partial charge in [-0.05, 0) is 36.8 Å². The highest BCUT2D eigenvalue weighted by molar-refractivity contribution is 6.32. The average molecular weight is 436 g/mol. The number of halogens is 1. The maximum Gasteiger partial charge on any atom is 0.257 e. The van der Waals surface area contributed by atoms with Gasteiger partial charge in [-0.25, -0.2) is 4.98 Å². The first-order valence-corrected chi connectivity index (χ1v) is 9.63. The van der Waals surface area contributed by atoms with Crippen molar-refractivity contribution in [2.75, 3.05) is 10.6 Å². The van der Waals surface area contributed by atoms with E-state index in [-0.39, 0.29) is 22.6 Å². The Bertz CT molecular complexity index is 1390. The van der Waals surface area contributed by atoms with Crippen LogP contribution in [0.25, 0.3) is 16.7 Å². The zero-order valence-electron chi connectivity index (χ0n) is 16.8. The van der Waals surface area contributed by atoms with Crippen molar-refractivity contribution >= 4 is 45.9 Å². The number of nitrogens with zero attached hydrogens (tertiary/aromatic N) is 5. The fourth-order valence-corrected chi connectivity index (χ4v) is 3.36. The number of carbonyl (C=O) groups excluding carboxylic acids is 1. The van der Waals surface area contributed by atoms with Crippen LogP contribution < -0.4 is 16.2 Å². The van der Waals surface area contributed by atoms with E-state index in [1.807, 2.05) is 6.92 Å². The number of amides is 1. The van der Waals surface area contributed by atoms with Crippen molar-refractivity contribution in [1.29, 1.82) is 0 Å². The van der Waals surface area contributed by atoms with E-state index in [1.165, 1.54) is 16.7 Å². The van der Waals surface area contributed by atoms with Crippen molar-refractivity contribution in [3.05, 3.63) is 76.5 Å². The molecular formula is C21H18ClN7O2. The molecule has 0 unspecified atom stereocenters. The van der Waals surface area contributed by atoms with Gasteiger partial charge in [-0.2, -0.15) is 10.1 Å². The summed E-state index contributed by atoms with van der Waals surface area (Å²) in [6.07, 6.45) is 4.52. The number of hydrogen-bond donors (Lipinski definition) is 2. The maximum absolute atomic E-state index is 12.9. The maximum atomic E-state index is 12.9. The molecular weight excluding hydrogens is 418 g/mol. The van der Waals surface area contributed by atoms with Crippen LogP contribution in [0.15, 0.2) is 60.2 Å². The highest BCUT2D eigenvalue weighted by atomic mass is 35.5. The third-order valence-electron chi connectivity index (χ3n) is 4.55. The summed E-state index contributed by atoms with van der Waals surface area (Å²) in [6, 6.07) is 8.42. The van der Waals surface area contributed by atoms with Gasteiger partial charge in [-0.3, -0.25) is 18.8 Å². The summed E-state index contributed by atoms with van der Waals surface area (Å²) >= 11 is 6.11. The van der Waals surface area contributed by atoms with E-state index >= 15 is 0 Å². The Kier molecular flexibility index (Phi) is 5.26. The SMILES string of the molecule is C=CC(=O)Nc1cccc(-n2c(=O)cc(C)c3cnc(Nc4cn(C)nc4Cl)nc32)c1. The highest BCUT2D eigenvalue weighted by Gasteiger charge is 2.14. The van der Waals surface area contributed by atoms with Crippen molar-refractivity contribution in [1.82, 2.24) is 24.3 Å². The van der Waals surface area contributed by atoms with Crippen molar-refractivity contribution in [2.24, 2.45) is 7.05 Å². The average Bonchev–Trinajstić information content (AvgIpc) is 3.04. The molecule has 0 aliphatic rings. The van der Waals surface area contributed by atoms with Crippen molar-refractivity contribution in [3.8, 4) is 5.69 Å². The standard InChI is InChI=1S/C21H18ClN7O2/c1-4-17(30)24-13-6-5-7-14(9-13)29-18(31)8-12(2)15-10-23-21(26-20(15)29)25-16-11-28(3)27-19(16)22/h4-11H,1H2,2-3H3,(H,24,30)(H,23,25,26). The topological polar surface area (TPSA) is 107 Å². The summed E-state index contributed by atoms with van der Waals surface area (Å²) in [5.41, 5.74) is 2.51. The van der Waals surface area contributed by atoms with Gasteiger partial charge in [0.1, 0.15) is 0 Å². The normalized spacial score (nSPS) is 10.8. The minimum atomic E-state index is -0.347. The lowest BCUT2D eigenvalue weighted by Crippen LogP contribution is -2.20. The Hall–Kier alpha value is -3.98. The van der Waals surface area contributed by atoms with Gasteiger partial charge in [0.25, 0.3) is 5.56 Å². The molecule has 9 nitrogen and oxygen atoms in total. The van der Waals surface area contributed by atoms with Gasteiger partial charge in [0.15, 0.2) is 10.8 Å². The van der Waals surface area contributed by atoms with E-state index in [9.17, 15) is 9.59 Å². The van der Waals surface area contributed by atoms with Gasteiger partial charge in [-0.15, -0.1) is 0 Å². The second-order valence-corrected chi connectivity index (χ2v) is 7.17. The Morgan fingerprint density at radius 3 is 2.81 bits per heavy atom. The van der Waals surface area contributed by atoms with E-state index in [4.69, 9.17) is 11.6 Å². The summed E-state index contributed by atoms with van der Waals surface area (Å²) in [7, 11) is 1.75. The number of carbonyl (C=O) groups is 1. The van der Waals surface area contributed by atoms with E-state index in [1.54, 1.807) is 48.4 Å². The van der Waals surface area contributed by atoms with Crippen molar-refractivity contribution in [3.63, 3.8) is 0 Å². The number of fused-ring (bicyclic) bond motifs is 1. The van der Waals surface area contributed by atoms with Gasteiger partial charge in [0.05, 0.1) is 11.4 Å². The molecule has 0 aliphatic carbocycles. The van der Waals surface area contributed by atoms with E-state index in [0.717, 1.165) is 5.56 Å². The molecule has 2 N–H and O–H groups in total. The van der Waals surface area contributed by atoms with Crippen molar-refractivity contribution < 1.29 is 4.79 Å². The quantitative estimate of drug-likeness (QED) is 0.465. The molecule has 10 heteroatoms. The molecule has 0 saturated heterocycles. The van der Waals surface area contributed by atoms with Crippen LogP contribution in [0.2, 0.25) is 5.15 Å². The van der Waals surface area contributed by atoms with Gasteiger partial charge in [0.2, 0.25) is 11.9 Å². The molecule has 3 heterocycles. The molecule has 156 valence electrons. The lowest BCUT2D eigenvalue weighted by molar-refractivity contribution is -0.111. The zero-order chi connectivity index (χ0) is 22.1. The molecule has 0 fully saturated rings. The monoisotopic (exact) mass is 435 g/mol. The lowest BCUT2D eigenvalue weighted by Gasteiger charge is -2.13. The van der Waals surface area contributed by atoms with Crippen LogP contribution >= 0.6 is 11.6 Å². The molecule has 0 spiro atoms. The highest BCUT2D eigenvalue weighted by Crippen LogP contribution is 2.24. The molecule has 0 atom stereocenters. The van der Waals surface area contributed by atoms with Gasteiger partial charge >= 0.3 is 0 Å². The summed E-state index contributed by atoms with van der Waals surface area (Å²) in [5, 5.41) is 10.8. The Balaban J connectivity index is 1.86. The summed E-state index contributed by atoms with van der Waals surface area (Å²) in [5.74, 6) is -0.0855. The summed E-state index contributed by atoms with van der Waals surface area (Å²) in [6.45, 7) is 5.27. The van der Waals surface area contributed by atoms with Crippen molar-refractivity contribution in [2.45, 2.75) is 6.92 Å². The first-order chi connectivity index (χ1) is 14.9. The second-order valence-electron chi connectivity index (χ2n) is 6.81. The first-order valence-electron chi connectivity index (χ1n) is 9.25. The van der Waals surface area contributed by atoms with Gasteiger partial charge in [-0.1, -0.05) is 24.2 Å². The van der Waals surface area contributed by atoms with E-state index in [0.29, 0.717) is 28.1 Å². The van der Waals surface area contributed by atoms with Crippen LogP contribution in [0.5, 0.6) is 0 Å². The Morgan fingerprint density at radius 1 is 1.29 bits per heavy atom. The summed E-state index contributed by atoms with van der Waals surface area (Å²) in [4.78, 5) is 33.5. The predicted octanol–water partition coefficient (Wildman–Crippen LogP) is 3.34. The van der Waals surface area contributed by atoms with E-state index in [2.05, 4.69) is 32.3 Å². The number of anilines is 3. The zero-order valence-corrected chi connectivity index (χ0v) is 17.5. The summed E-state index contributed by atoms with van der Waals surface area (Å²) < 4.78 is 3.03. The van der Waals surface area contributed by atoms with Crippen LogP contribution in [0, 0.1) is 6.92 Å².